The normalized spacial score (nSPS) is 12.0. The highest BCUT2D eigenvalue weighted by Crippen LogP contribution is 2.16. The Hall–Kier alpha value is -1.58. The van der Waals surface area contributed by atoms with Crippen molar-refractivity contribution >= 4 is 36.0 Å². The van der Waals surface area contributed by atoms with E-state index in [1.54, 1.807) is 0 Å². The molecule has 166 valence electrons. The number of guanidine groups is 1. The van der Waals surface area contributed by atoms with Gasteiger partial charge in [-0.25, -0.2) is 9.79 Å². The molecule has 0 aromatic carbocycles. The van der Waals surface area contributed by atoms with Gasteiger partial charge < -0.3 is 20.7 Å². The predicted octanol–water partition coefficient (Wildman–Crippen LogP) is 4.15. The molecular formula is C21H38IN5O2. The Balaban J connectivity index is 0.00000784. The van der Waals surface area contributed by atoms with Crippen LogP contribution in [0.25, 0.3) is 0 Å². The van der Waals surface area contributed by atoms with E-state index in [0.717, 1.165) is 30.8 Å². The zero-order valence-corrected chi connectivity index (χ0v) is 21.2. The van der Waals surface area contributed by atoms with E-state index >= 15 is 0 Å². The molecule has 0 radical (unpaired) electrons. The average molecular weight is 519 g/mol. The highest BCUT2D eigenvalue weighted by atomic mass is 127. The fourth-order valence-corrected chi connectivity index (χ4v) is 2.68. The Morgan fingerprint density at radius 3 is 2.31 bits per heavy atom. The fourth-order valence-electron chi connectivity index (χ4n) is 2.68. The minimum absolute atomic E-state index is 0. The Morgan fingerprint density at radius 1 is 1.14 bits per heavy atom. The maximum Gasteiger partial charge on any atom is 0.408 e. The van der Waals surface area contributed by atoms with Crippen molar-refractivity contribution in [2.24, 2.45) is 4.99 Å². The van der Waals surface area contributed by atoms with Crippen molar-refractivity contribution in [2.75, 3.05) is 13.1 Å². The van der Waals surface area contributed by atoms with E-state index in [1.807, 2.05) is 52.8 Å². The number of carbonyl (C=O) groups excluding carboxylic acids is 1. The summed E-state index contributed by atoms with van der Waals surface area (Å²) in [7, 11) is 0. The smallest absolute Gasteiger partial charge is 0.408 e. The van der Waals surface area contributed by atoms with Gasteiger partial charge in [0.05, 0.1) is 17.8 Å². The molecule has 0 unspecified atom stereocenters. The van der Waals surface area contributed by atoms with Crippen molar-refractivity contribution in [1.82, 2.24) is 20.9 Å². The Labute approximate surface area is 192 Å². The van der Waals surface area contributed by atoms with Gasteiger partial charge in [-0.3, -0.25) is 4.98 Å². The number of nitrogens with one attached hydrogen (secondary N) is 3. The van der Waals surface area contributed by atoms with Crippen molar-refractivity contribution in [1.29, 1.82) is 0 Å². The number of aryl methyl sites for hydroxylation is 1. The first-order valence-corrected chi connectivity index (χ1v) is 10.1. The van der Waals surface area contributed by atoms with Gasteiger partial charge in [-0.1, -0.05) is 19.9 Å². The third kappa shape index (κ3) is 10.7. The quantitative estimate of drug-likeness (QED) is 0.273. The molecule has 3 N–H and O–H groups in total. The van der Waals surface area contributed by atoms with E-state index in [2.05, 4.69) is 39.8 Å². The van der Waals surface area contributed by atoms with Crippen LogP contribution in [-0.4, -0.2) is 41.3 Å². The van der Waals surface area contributed by atoms with Gasteiger partial charge in [-0.2, -0.15) is 0 Å². The third-order valence-electron chi connectivity index (χ3n) is 4.40. The van der Waals surface area contributed by atoms with E-state index in [1.165, 1.54) is 0 Å². The maximum absolute atomic E-state index is 12.3. The molecule has 0 aliphatic heterocycles. The summed E-state index contributed by atoms with van der Waals surface area (Å²) >= 11 is 0. The van der Waals surface area contributed by atoms with Gasteiger partial charge in [0.15, 0.2) is 5.96 Å². The highest BCUT2D eigenvalue weighted by molar-refractivity contribution is 14.0. The summed E-state index contributed by atoms with van der Waals surface area (Å²) in [6.45, 7) is 15.5. The Kier molecular flexibility index (Phi) is 12.2. The van der Waals surface area contributed by atoms with E-state index in [-0.39, 0.29) is 24.0 Å². The number of rotatable bonds is 8. The molecule has 1 rings (SSSR count). The Bertz CT molecular complexity index is 655. The maximum atomic E-state index is 12.3. The van der Waals surface area contributed by atoms with Crippen LogP contribution in [0.2, 0.25) is 0 Å². The Morgan fingerprint density at radius 2 is 1.79 bits per heavy atom. The monoisotopic (exact) mass is 519 g/mol. The van der Waals surface area contributed by atoms with Gasteiger partial charge in [0, 0.05) is 18.8 Å². The summed E-state index contributed by atoms with van der Waals surface area (Å²) in [5, 5.41) is 9.65. The molecule has 29 heavy (non-hydrogen) atoms. The molecule has 0 aliphatic carbocycles. The molecule has 0 saturated carbocycles. The van der Waals surface area contributed by atoms with Gasteiger partial charge in [0.25, 0.3) is 0 Å². The van der Waals surface area contributed by atoms with Gasteiger partial charge in [-0.05, 0) is 59.6 Å². The summed E-state index contributed by atoms with van der Waals surface area (Å²) in [6, 6.07) is 5.92. The van der Waals surface area contributed by atoms with Gasteiger partial charge in [0.1, 0.15) is 5.60 Å². The topological polar surface area (TPSA) is 87.6 Å². The molecule has 1 aromatic rings. The van der Waals surface area contributed by atoms with Crippen molar-refractivity contribution in [2.45, 2.75) is 79.0 Å². The summed E-state index contributed by atoms with van der Waals surface area (Å²) in [4.78, 5) is 21.4. The number of amides is 1. The van der Waals surface area contributed by atoms with Gasteiger partial charge in [-0.15, -0.1) is 24.0 Å². The highest BCUT2D eigenvalue weighted by Gasteiger charge is 2.30. The first-order chi connectivity index (χ1) is 13.1. The van der Waals surface area contributed by atoms with Crippen LogP contribution in [0.5, 0.6) is 0 Å². The molecule has 1 amide bonds. The van der Waals surface area contributed by atoms with E-state index < -0.39 is 17.2 Å². The molecule has 1 aromatic heterocycles. The number of halogens is 1. The number of aliphatic imine (C=N–C) groups is 1. The molecule has 1 heterocycles. The molecule has 7 nitrogen and oxygen atoms in total. The second kappa shape index (κ2) is 12.9. The van der Waals surface area contributed by atoms with Crippen LogP contribution in [0, 0.1) is 6.92 Å². The van der Waals surface area contributed by atoms with Gasteiger partial charge >= 0.3 is 6.09 Å². The molecule has 0 spiro atoms. The third-order valence-corrected chi connectivity index (χ3v) is 4.40. The summed E-state index contributed by atoms with van der Waals surface area (Å²) in [5.41, 5.74) is 0.951. The lowest BCUT2D eigenvalue weighted by Gasteiger charge is -2.34. The molecule has 0 atom stereocenters. The second-order valence-corrected chi connectivity index (χ2v) is 7.93. The van der Waals surface area contributed by atoms with Crippen molar-refractivity contribution < 1.29 is 9.53 Å². The lowest BCUT2D eigenvalue weighted by atomic mass is 9.93. The van der Waals surface area contributed by atoms with Crippen LogP contribution in [0.15, 0.2) is 23.2 Å². The van der Waals surface area contributed by atoms with Crippen LogP contribution in [0.3, 0.4) is 0 Å². The first kappa shape index (κ1) is 27.4. The van der Waals surface area contributed by atoms with Crippen molar-refractivity contribution in [3.8, 4) is 0 Å². The standard InChI is InChI=1S/C21H37N5O2.HI/c1-8-21(9-2,26-19(27)28-20(5,6)7)15-24-18(22-10-3)23-14-17-13-11-12-16(4)25-17;/h11-13H,8-10,14-15H2,1-7H3,(H,26,27)(H2,22,23,24);1H. The fraction of sp³-hybridized carbons (Fsp3) is 0.667. The van der Waals surface area contributed by atoms with Crippen LogP contribution < -0.4 is 16.0 Å². The van der Waals surface area contributed by atoms with E-state index in [4.69, 9.17) is 4.74 Å². The predicted molar refractivity (Wildman–Crippen MR) is 130 cm³/mol. The minimum Gasteiger partial charge on any atom is -0.444 e. The SMILES string of the molecule is CCNC(=NCc1cccc(C)n1)NCC(CC)(CC)NC(=O)OC(C)(C)C.I. The summed E-state index contributed by atoms with van der Waals surface area (Å²) < 4.78 is 5.44. The number of carbonyl (C=O) groups is 1. The number of aromatic nitrogens is 1. The van der Waals surface area contributed by atoms with Gasteiger partial charge in [0.2, 0.25) is 0 Å². The molecular weight excluding hydrogens is 481 g/mol. The number of hydrogen-bond acceptors (Lipinski definition) is 4. The lowest BCUT2D eigenvalue weighted by Crippen LogP contribution is -2.57. The van der Waals surface area contributed by atoms with Crippen molar-refractivity contribution in [3.63, 3.8) is 0 Å². The number of ether oxygens (including phenoxy) is 1. The summed E-state index contributed by atoms with van der Waals surface area (Å²) in [6.07, 6.45) is 1.15. The largest absolute Gasteiger partial charge is 0.444 e. The second-order valence-electron chi connectivity index (χ2n) is 7.93. The van der Waals surface area contributed by atoms with Crippen LogP contribution >= 0.6 is 24.0 Å². The minimum atomic E-state index is -0.526. The van der Waals surface area contributed by atoms with E-state index in [0.29, 0.717) is 19.0 Å². The molecule has 0 aliphatic rings. The molecule has 0 saturated heterocycles. The first-order valence-electron chi connectivity index (χ1n) is 10.1. The average Bonchev–Trinajstić information content (AvgIpc) is 2.61. The molecule has 0 bridgehead atoms. The number of alkyl carbamates (subject to hydrolysis) is 1. The lowest BCUT2D eigenvalue weighted by molar-refractivity contribution is 0.0448. The van der Waals surface area contributed by atoms with Crippen LogP contribution in [0.1, 0.15) is 65.8 Å². The zero-order chi connectivity index (χ0) is 21.2. The summed E-state index contributed by atoms with van der Waals surface area (Å²) in [5.74, 6) is 0.697. The van der Waals surface area contributed by atoms with Crippen LogP contribution in [0.4, 0.5) is 4.79 Å². The zero-order valence-electron chi connectivity index (χ0n) is 18.9. The molecule has 8 heteroatoms. The van der Waals surface area contributed by atoms with E-state index in [9.17, 15) is 4.79 Å². The molecule has 0 fully saturated rings. The number of nitrogens with zero attached hydrogens (tertiary/aromatic N) is 2. The van der Waals surface area contributed by atoms with Crippen molar-refractivity contribution in [3.05, 3.63) is 29.6 Å². The number of pyridine rings is 1. The van der Waals surface area contributed by atoms with Crippen LogP contribution in [-0.2, 0) is 11.3 Å². The number of hydrogen-bond donors (Lipinski definition) is 3.